The van der Waals surface area contributed by atoms with Crippen molar-refractivity contribution in [2.75, 3.05) is 9.80 Å². The largest absolute Gasteiger partial charge is 0.310 e. The number of rotatable bonds is 7. The van der Waals surface area contributed by atoms with Gasteiger partial charge < -0.3 is 9.80 Å². The van der Waals surface area contributed by atoms with Crippen molar-refractivity contribution in [3.63, 3.8) is 0 Å². The molecule has 0 N–H and O–H groups in total. The number of nitrogens with zero attached hydrogens (tertiary/aromatic N) is 2. The lowest BCUT2D eigenvalue weighted by Crippen LogP contribution is -2.10. The Kier molecular flexibility index (Phi) is 7.93. The molecule has 2 nitrogen and oxygen atoms in total. The third-order valence-electron chi connectivity index (χ3n) is 10.4. The molecule has 2 aromatic heterocycles. The summed E-state index contributed by atoms with van der Waals surface area (Å²) in [6.45, 7) is 2.20. The highest BCUT2D eigenvalue weighted by Gasteiger charge is 2.25. The van der Waals surface area contributed by atoms with E-state index in [9.17, 15) is 0 Å². The van der Waals surface area contributed by atoms with Crippen LogP contribution in [0.15, 0.2) is 176 Å². The molecule has 4 heteroatoms. The van der Waals surface area contributed by atoms with Crippen LogP contribution in [0.3, 0.4) is 0 Å². The van der Waals surface area contributed by atoms with E-state index in [1.54, 1.807) is 0 Å². The quantitative estimate of drug-likeness (QED) is 0.162. The first kappa shape index (κ1) is 31.8. The van der Waals surface area contributed by atoms with E-state index in [0.717, 1.165) is 34.9 Å². The molecule has 0 saturated carbocycles. The number of para-hydroxylation sites is 3. The average molecular weight is 717 g/mol. The van der Waals surface area contributed by atoms with Crippen LogP contribution in [0.5, 0.6) is 0 Å². The zero-order valence-corrected chi connectivity index (χ0v) is 30.9. The first-order valence-corrected chi connectivity index (χ1v) is 19.8. The maximum atomic E-state index is 2.43. The molecular weight excluding hydrogens is 681 g/mol. The number of hydrogen-bond acceptors (Lipinski definition) is 4. The number of benzene rings is 7. The van der Waals surface area contributed by atoms with E-state index < -0.39 is 0 Å². The molecule has 1 aliphatic carbocycles. The Hall–Kier alpha value is -5.94. The third kappa shape index (κ3) is 5.72. The van der Waals surface area contributed by atoms with Crippen molar-refractivity contribution in [2.24, 2.45) is 0 Å². The summed E-state index contributed by atoms with van der Waals surface area (Å²) in [5, 5.41) is 3.91. The molecule has 0 radical (unpaired) electrons. The Bertz CT molecular complexity index is 2740. The molecular formula is C49H36N2S2. The molecule has 10 rings (SSSR count). The normalized spacial score (nSPS) is 13.8. The summed E-state index contributed by atoms with van der Waals surface area (Å²) in [7, 11) is 0. The maximum absolute atomic E-state index is 2.43. The summed E-state index contributed by atoms with van der Waals surface area (Å²) in [5.41, 5.74) is 11.1. The maximum Gasteiger partial charge on any atom is 0.0476 e. The van der Waals surface area contributed by atoms with Gasteiger partial charge in [0.1, 0.15) is 0 Å². The molecule has 0 fully saturated rings. The molecule has 0 saturated heterocycles. The van der Waals surface area contributed by atoms with Crippen molar-refractivity contribution in [3.8, 4) is 0 Å². The first-order valence-electron chi connectivity index (χ1n) is 18.2. The fourth-order valence-electron chi connectivity index (χ4n) is 8.02. The number of fused-ring (bicyclic) bond motifs is 6. The van der Waals surface area contributed by atoms with Crippen molar-refractivity contribution >= 4 is 93.1 Å². The fraction of sp³-hybridized carbons (Fsp3) is 0.0612. The molecule has 2 heterocycles. The van der Waals surface area contributed by atoms with E-state index in [0.29, 0.717) is 5.92 Å². The molecule has 7 aromatic carbocycles. The van der Waals surface area contributed by atoms with Crippen molar-refractivity contribution in [1.29, 1.82) is 0 Å². The second-order valence-corrected chi connectivity index (χ2v) is 16.0. The number of hydrogen-bond donors (Lipinski definition) is 0. The SMILES string of the molecule is Cc1cccc(C2CC=Cc3sc4ccc(N(c5ccccc5)c5ccc6c(c5)sc5ccc(N(c7ccccc7)c7ccccc7)cc56)cc4c32)c1. The van der Waals surface area contributed by atoms with E-state index in [-0.39, 0.29) is 0 Å². The number of anilines is 6. The monoisotopic (exact) mass is 716 g/mol. The van der Waals surface area contributed by atoms with Crippen molar-refractivity contribution in [2.45, 2.75) is 19.3 Å². The second-order valence-electron chi connectivity index (χ2n) is 13.8. The number of thiophene rings is 2. The predicted octanol–water partition coefficient (Wildman–Crippen LogP) is 15.1. The molecule has 53 heavy (non-hydrogen) atoms. The third-order valence-corrected chi connectivity index (χ3v) is 12.7. The van der Waals surface area contributed by atoms with Crippen molar-refractivity contribution in [1.82, 2.24) is 0 Å². The van der Waals surface area contributed by atoms with Crippen LogP contribution in [0.1, 0.15) is 33.9 Å². The van der Waals surface area contributed by atoms with Gasteiger partial charge in [0.2, 0.25) is 0 Å². The standard InChI is InChI=1S/C49H36N2S2/c1-33-13-11-14-34(29-33)41-21-12-22-47-49(41)44-31-39(25-28-46(44)52-47)51(37-19-9-4-10-20-37)40-23-26-42-43-30-38(24-27-45(43)53-48(42)32-40)50(35-15-5-2-6-16-35)36-17-7-3-8-18-36/h2-20,22-32,41H,21H2,1H3. The van der Waals surface area contributed by atoms with Crippen LogP contribution in [0, 0.1) is 6.92 Å². The Morgan fingerprint density at radius 3 is 1.66 bits per heavy atom. The summed E-state index contributed by atoms with van der Waals surface area (Å²) in [5.74, 6) is 0.351. The van der Waals surface area contributed by atoms with E-state index in [4.69, 9.17) is 0 Å². The lowest BCUT2D eigenvalue weighted by atomic mass is 9.83. The molecule has 254 valence electrons. The molecule has 0 amide bonds. The van der Waals surface area contributed by atoms with Gasteiger partial charge in [-0.1, -0.05) is 96.6 Å². The minimum Gasteiger partial charge on any atom is -0.310 e. The highest BCUT2D eigenvalue weighted by atomic mass is 32.1. The summed E-state index contributed by atoms with van der Waals surface area (Å²) < 4.78 is 3.90. The zero-order chi connectivity index (χ0) is 35.3. The van der Waals surface area contributed by atoms with Gasteiger partial charge in [0.25, 0.3) is 0 Å². The van der Waals surface area contributed by atoms with Gasteiger partial charge in [-0.3, -0.25) is 0 Å². The lowest BCUT2D eigenvalue weighted by molar-refractivity contribution is 0.831. The van der Waals surface area contributed by atoms with Crippen LogP contribution in [0.25, 0.3) is 36.3 Å². The molecule has 1 aliphatic rings. The number of allylic oxidation sites excluding steroid dienone is 1. The van der Waals surface area contributed by atoms with Gasteiger partial charge >= 0.3 is 0 Å². The van der Waals surface area contributed by atoms with E-state index in [1.165, 1.54) is 57.5 Å². The van der Waals surface area contributed by atoms with Crippen molar-refractivity contribution < 1.29 is 0 Å². The summed E-state index contributed by atoms with van der Waals surface area (Å²) >= 11 is 3.78. The van der Waals surface area contributed by atoms with E-state index in [2.05, 4.69) is 199 Å². The lowest BCUT2D eigenvalue weighted by Gasteiger charge is -2.26. The van der Waals surface area contributed by atoms with Crippen LogP contribution in [0.4, 0.5) is 34.1 Å². The summed E-state index contributed by atoms with van der Waals surface area (Å²) in [6, 6.07) is 62.1. The first-order chi connectivity index (χ1) is 26.2. The van der Waals surface area contributed by atoms with Gasteiger partial charge in [0.05, 0.1) is 0 Å². The van der Waals surface area contributed by atoms with Crippen LogP contribution < -0.4 is 9.80 Å². The Morgan fingerprint density at radius 2 is 1.02 bits per heavy atom. The smallest absolute Gasteiger partial charge is 0.0476 e. The second kappa shape index (κ2) is 13.2. The molecule has 0 aliphatic heterocycles. The van der Waals surface area contributed by atoms with Gasteiger partial charge in [0, 0.05) is 69.8 Å². The molecule has 9 aromatic rings. The molecule has 0 spiro atoms. The predicted molar refractivity (Wildman–Crippen MR) is 231 cm³/mol. The van der Waals surface area contributed by atoms with Crippen LogP contribution in [0.2, 0.25) is 0 Å². The van der Waals surface area contributed by atoms with E-state index in [1.807, 2.05) is 22.7 Å². The average Bonchev–Trinajstić information content (AvgIpc) is 3.77. The minimum atomic E-state index is 0.351. The zero-order valence-electron chi connectivity index (χ0n) is 29.3. The van der Waals surface area contributed by atoms with Gasteiger partial charge in [-0.05, 0) is 121 Å². The van der Waals surface area contributed by atoms with Gasteiger partial charge in [-0.25, -0.2) is 0 Å². The Morgan fingerprint density at radius 1 is 0.453 bits per heavy atom. The van der Waals surface area contributed by atoms with Gasteiger partial charge in [-0.2, -0.15) is 0 Å². The number of aryl methyl sites for hydroxylation is 1. The highest BCUT2D eigenvalue weighted by Crippen LogP contribution is 2.48. The molecule has 1 atom stereocenters. The molecule has 1 unspecified atom stereocenters. The van der Waals surface area contributed by atoms with Gasteiger partial charge in [-0.15, -0.1) is 22.7 Å². The fourth-order valence-corrected chi connectivity index (χ4v) is 10.3. The van der Waals surface area contributed by atoms with Crippen LogP contribution in [-0.2, 0) is 0 Å². The highest BCUT2D eigenvalue weighted by molar-refractivity contribution is 7.25. The Balaban J connectivity index is 1.09. The van der Waals surface area contributed by atoms with Gasteiger partial charge in [0.15, 0.2) is 0 Å². The van der Waals surface area contributed by atoms with E-state index >= 15 is 0 Å². The minimum absolute atomic E-state index is 0.351. The summed E-state index contributed by atoms with van der Waals surface area (Å²) in [4.78, 5) is 6.14. The topological polar surface area (TPSA) is 6.48 Å². The van der Waals surface area contributed by atoms with Crippen molar-refractivity contribution in [3.05, 3.63) is 198 Å². The van der Waals surface area contributed by atoms with Crippen LogP contribution >= 0.6 is 22.7 Å². The summed E-state index contributed by atoms with van der Waals surface area (Å²) in [6.07, 6.45) is 5.71. The van der Waals surface area contributed by atoms with Crippen LogP contribution in [-0.4, -0.2) is 0 Å². The molecule has 0 bridgehead atoms. The Labute approximate surface area is 318 Å².